The number of imidazole rings is 1. The number of likely N-dealkylation sites (tertiary alicyclic amines) is 1. The summed E-state index contributed by atoms with van der Waals surface area (Å²) in [5.41, 5.74) is 7.93. The molecule has 0 spiro atoms. The van der Waals surface area contributed by atoms with Gasteiger partial charge in [0.05, 0.1) is 12.4 Å². The van der Waals surface area contributed by atoms with Crippen molar-refractivity contribution in [3.8, 4) is 5.75 Å². The SMILES string of the molecule is Cc1ccccc1C1=C(C(=N)/C=C\c2ncc(CN3CC(CF)C3)[nH]2)c2ccc(O)cc2CCC1. The summed E-state index contributed by atoms with van der Waals surface area (Å²) in [6, 6.07) is 13.8. The topological polar surface area (TPSA) is 76.0 Å². The molecule has 6 heteroatoms. The van der Waals surface area contributed by atoms with Crippen molar-refractivity contribution in [3.63, 3.8) is 0 Å². The Balaban J connectivity index is 1.45. The fourth-order valence-electron chi connectivity index (χ4n) is 5.19. The van der Waals surface area contributed by atoms with Gasteiger partial charge in [0.1, 0.15) is 11.6 Å². The van der Waals surface area contributed by atoms with Crippen molar-refractivity contribution in [2.24, 2.45) is 5.92 Å². The van der Waals surface area contributed by atoms with Crippen LogP contribution in [0, 0.1) is 18.3 Å². The van der Waals surface area contributed by atoms with Gasteiger partial charge in [0.25, 0.3) is 0 Å². The molecule has 5 nitrogen and oxygen atoms in total. The summed E-state index contributed by atoms with van der Waals surface area (Å²) in [5.74, 6) is 1.12. The van der Waals surface area contributed by atoms with Gasteiger partial charge in [-0.3, -0.25) is 9.29 Å². The number of benzene rings is 2. The molecule has 0 saturated carbocycles. The van der Waals surface area contributed by atoms with E-state index in [-0.39, 0.29) is 18.3 Å². The van der Waals surface area contributed by atoms with Crippen LogP contribution in [0.1, 0.15) is 46.6 Å². The largest absolute Gasteiger partial charge is 0.508 e. The molecule has 1 aromatic heterocycles. The minimum atomic E-state index is -0.251. The molecule has 180 valence electrons. The van der Waals surface area contributed by atoms with Crippen molar-refractivity contribution in [1.82, 2.24) is 14.9 Å². The second-order valence-electron chi connectivity index (χ2n) is 9.62. The van der Waals surface area contributed by atoms with E-state index >= 15 is 0 Å². The number of aryl methyl sites for hydroxylation is 2. The predicted molar refractivity (Wildman–Crippen MR) is 139 cm³/mol. The molecule has 5 rings (SSSR count). The van der Waals surface area contributed by atoms with Crippen molar-refractivity contribution in [2.45, 2.75) is 32.7 Å². The van der Waals surface area contributed by atoms with E-state index in [1.54, 1.807) is 12.1 Å². The highest BCUT2D eigenvalue weighted by atomic mass is 19.1. The van der Waals surface area contributed by atoms with Crippen molar-refractivity contribution < 1.29 is 9.50 Å². The molecule has 1 aliphatic heterocycles. The van der Waals surface area contributed by atoms with Gasteiger partial charge in [-0.2, -0.15) is 0 Å². The van der Waals surface area contributed by atoms with E-state index in [4.69, 9.17) is 5.41 Å². The summed E-state index contributed by atoms with van der Waals surface area (Å²) in [5, 5.41) is 19.2. The van der Waals surface area contributed by atoms with Crippen LogP contribution < -0.4 is 0 Å². The van der Waals surface area contributed by atoms with Crippen LogP contribution in [0.5, 0.6) is 5.75 Å². The maximum Gasteiger partial charge on any atom is 0.130 e. The van der Waals surface area contributed by atoms with E-state index in [2.05, 4.69) is 33.9 Å². The maximum atomic E-state index is 12.7. The van der Waals surface area contributed by atoms with Crippen LogP contribution in [0.25, 0.3) is 17.2 Å². The Kier molecular flexibility index (Phi) is 6.64. The monoisotopic (exact) mass is 470 g/mol. The van der Waals surface area contributed by atoms with Gasteiger partial charge in [-0.05, 0) is 78.3 Å². The number of hydrogen-bond acceptors (Lipinski definition) is 4. The van der Waals surface area contributed by atoms with Gasteiger partial charge in [0.2, 0.25) is 0 Å². The van der Waals surface area contributed by atoms with Gasteiger partial charge in [0.15, 0.2) is 0 Å². The number of rotatable bonds is 7. The van der Waals surface area contributed by atoms with Gasteiger partial charge < -0.3 is 15.5 Å². The lowest BCUT2D eigenvalue weighted by Crippen LogP contribution is -2.46. The third kappa shape index (κ3) is 4.98. The number of hydrogen-bond donors (Lipinski definition) is 3. The number of allylic oxidation sites excluding steroid dienone is 3. The van der Waals surface area contributed by atoms with Gasteiger partial charge >= 0.3 is 0 Å². The first-order valence-electron chi connectivity index (χ1n) is 12.2. The summed E-state index contributed by atoms with van der Waals surface area (Å²) in [4.78, 5) is 9.97. The van der Waals surface area contributed by atoms with Crippen LogP contribution in [0.4, 0.5) is 4.39 Å². The van der Waals surface area contributed by atoms with Crippen molar-refractivity contribution >= 4 is 22.9 Å². The Bertz CT molecular complexity index is 1300. The average Bonchev–Trinajstić information content (AvgIpc) is 3.19. The molecule has 2 heterocycles. The number of aromatic nitrogens is 2. The molecule has 0 amide bonds. The number of halogens is 1. The summed E-state index contributed by atoms with van der Waals surface area (Å²) < 4.78 is 12.7. The molecular weight excluding hydrogens is 439 g/mol. The number of nitrogens with zero attached hydrogens (tertiary/aromatic N) is 2. The first-order valence-corrected chi connectivity index (χ1v) is 12.2. The van der Waals surface area contributed by atoms with Crippen LogP contribution in [0.3, 0.4) is 0 Å². The Morgan fingerprint density at radius 2 is 2.03 bits per heavy atom. The number of aromatic amines is 1. The fourth-order valence-corrected chi connectivity index (χ4v) is 5.19. The second-order valence-corrected chi connectivity index (χ2v) is 9.62. The van der Waals surface area contributed by atoms with E-state index in [1.807, 2.05) is 36.5 Å². The zero-order valence-electron chi connectivity index (χ0n) is 20.0. The highest BCUT2D eigenvalue weighted by molar-refractivity contribution is 6.34. The van der Waals surface area contributed by atoms with Crippen LogP contribution >= 0.6 is 0 Å². The van der Waals surface area contributed by atoms with Crippen molar-refractivity contribution in [3.05, 3.63) is 88.5 Å². The van der Waals surface area contributed by atoms with Crippen molar-refractivity contribution in [2.75, 3.05) is 19.8 Å². The van der Waals surface area contributed by atoms with E-state index in [0.29, 0.717) is 11.5 Å². The predicted octanol–water partition coefficient (Wildman–Crippen LogP) is 5.81. The lowest BCUT2D eigenvalue weighted by Gasteiger charge is -2.37. The Morgan fingerprint density at radius 3 is 2.83 bits per heavy atom. The van der Waals surface area contributed by atoms with E-state index in [9.17, 15) is 9.50 Å². The van der Waals surface area contributed by atoms with Gasteiger partial charge in [-0.25, -0.2) is 4.98 Å². The maximum absolute atomic E-state index is 12.7. The average molecular weight is 471 g/mol. The molecule has 3 aromatic rings. The van der Waals surface area contributed by atoms with Crippen LogP contribution in [-0.2, 0) is 13.0 Å². The number of fused-ring (bicyclic) bond motifs is 1. The Hall–Kier alpha value is -3.51. The van der Waals surface area contributed by atoms with E-state index in [0.717, 1.165) is 61.3 Å². The van der Waals surface area contributed by atoms with Gasteiger partial charge in [-0.15, -0.1) is 0 Å². The molecule has 0 radical (unpaired) electrons. The number of H-pyrrole nitrogens is 1. The molecule has 2 aromatic carbocycles. The minimum absolute atomic E-state index is 0.165. The Morgan fingerprint density at radius 1 is 1.20 bits per heavy atom. The molecule has 1 fully saturated rings. The molecule has 35 heavy (non-hydrogen) atoms. The molecule has 3 N–H and O–H groups in total. The molecule has 1 aliphatic carbocycles. The van der Waals surface area contributed by atoms with Crippen LogP contribution in [0.2, 0.25) is 0 Å². The number of aromatic hydroxyl groups is 1. The number of nitrogens with one attached hydrogen (secondary N) is 2. The number of phenols is 1. The van der Waals surface area contributed by atoms with Gasteiger partial charge in [0, 0.05) is 43.0 Å². The molecule has 0 unspecified atom stereocenters. The normalized spacial score (nSPS) is 16.9. The lowest BCUT2D eigenvalue weighted by molar-refractivity contribution is 0.0727. The summed E-state index contributed by atoms with van der Waals surface area (Å²) in [7, 11) is 0. The molecular formula is C29H31FN4O. The molecule has 1 saturated heterocycles. The standard InChI is InChI=1S/C29H31FN4O/c1-19-5-2-3-7-24(19)26-8-4-6-21-13-23(35)9-10-25(21)29(26)27(31)11-12-28-32-15-22(33-28)18-34-16-20(14-30)17-34/h2-3,5,7,9-13,15,20,31,35H,4,6,8,14,16-18H2,1H3,(H,32,33)/b12-11-,31-27?. The molecule has 0 bridgehead atoms. The summed E-state index contributed by atoms with van der Waals surface area (Å²) >= 11 is 0. The highest BCUT2D eigenvalue weighted by Gasteiger charge is 2.26. The number of alkyl halides is 1. The fraction of sp³-hybridized carbons (Fsp3) is 0.310. The van der Waals surface area contributed by atoms with Gasteiger partial charge in [-0.1, -0.05) is 30.3 Å². The quantitative estimate of drug-likeness (QED) is 0.382. The molecule has 0 atom stereocenters. The Labute approximate surface area is 205 Å². The number of phenolic OH excluding ortho intramolecular Hbond substituents is 1. The third-order valence-electron chi connectivity index (χ3n) is 6.97. The van der Waals surface area contributed by atoms with Crippen LogP contribution in [-0.4, -0.2) is 45.5 Å². The molecule has 2 aliphatic rings. The zero-order valence-corrected chi connectivity index (χ0v) is 20.0. The van der Waals surface area contributed by atoms with Crippen molar-refractivity contribution in [1.29, 1.82) is 5.41 Å². The van der Waals surface area contributed by atoms with E-state index < -0.39 is 0 Å². The lowest BCUT2D eigenvalue weighted by atomic mass is 9.87. The smallest absolute Gasteiger partial charge is 0.130 e. The second kappa shape index (κ2) is 10.0. The highest BCUT2D eigenvalue weighted by Crippen LogP contribution is 2.38. The third-order valence-corrected chi connectivity index (χ3v) is 6.97. The van der Waals surface area contributed by atoms with E-state index in [1.165, 1.54) is 16.7 Å². The first kappa shape index (κ1) is 23.2. The minimum Gasteiger partial charge on any atom is -0.508 e. The zero-order chi connectivity index (χ0) is 24.4. The van der Waals surface area contributed by atoms with Crippen LogP contribution in [0.15, 0.2) is 54.7 Å². The summed E-state index contributed by atoms with van der Waals surface area (Å²) in [6.45, 7) is 4.17. The summed E-state index contributed by atoms with van der Waals surface area (Å²) in [6.07, 6.45) is 8.16. The first-order chi connectivity index (χ1) is 17.0.